The lowest BCUT2D eigenvalue weighted by atomic mass is 10.2. The number of hydrogen-bond donors (Lipinski definition) is 1. The summed E-state index contributed by atoms with van der Waals surface area (Å²) in [6.07, 6.45) is -4.67. The molecule has 124 valence electrons. The fourth-order valence-electron chi connectivity index (χ4n) is 2.10. The minimum absolute atomic E-state index is 0.133. The van der Waals surface area contributed by atoms with Crippen LogP contribution in [0, 0.1) is 0 Å². The number of halogens is 3. The number of aromatic nitrogens is 2. The van der Waals surface area contributed by atoms with Gasteiger partial charge >= 0.3 is 12.1 Å². The van der Waals surface area contributed by atoms with E-state index in [9.17, 15) is 13.2 Å². The molecule has 0 amide bonds. The standard InChI is InChI=1S/C16H12F3N3O2/c1-23-13-8-3-2-7-12(13)20-11-6-4-5-10(9-11)14-21-15(24-22-14)16(17,18)19/h2-9,20H,1H3. The second-order valence-electron chi connectivity index (χ2n) is 4.83. The SMILES string of the molecule is COc1ccccc1Nc1cccc(-c2noc(C(F)(F)F)n2)c1. The molecule has 3 rings (SSSR count). The van der Waals surface area contributed by atoms with E-state index in [0.717, 1.165) is 5.69 Å². The quantitative estimate of drug-likeness (QED) is 0.760. The maximum absolute atomic E-state index is 12.5. The molecule has 2 aromatic carbocycles. The van der Waals surface area contributed by atoms with Gasteiger partial charge < -0.3 is 14.6 Å². The van der Waals surface area contributed by atoms with Crippen molar-refractivity contribution in [1.82, 2.24) is 10.1 Å². The van der Waals surface area contributed by atoms with E-state index in [-0.39, 0.29) is 5.82 Å². The summed E-state index contributed by atoms with van der Waals surface area (Å²) < 4.78 is 47.1. The second kappa shape index (κ2) is 6.23. The van der Waals surface area contributed by atoms with Crippen LogP contribution in [0.5, 0.6) is 5.75 Å². The molecule has 3 aromatic rings. The molecule has 0 fully saturated rings. The topological polar surface area (TPSA) is 60.2 Å². The van der Waals surface area contributed by atoms with Crippen LogP contribution in [0.4, 0.5) is 24.5 Å². The molecule has 0 saturated carbocycles. The third-order valence-electron chi connectivity index (χ3n) is 3.18. The second-order valence-corrected chi connectivity index (χ2v) is 4.83. The van der Waals surface area contributed by atoms with Crippen LogP contribution in [0.15, 0.2) is 53.1 Å². The van der Waals surface area contributed by atoms with Gasteiger partial charge in [-0.2, -0.15) is 18.2 Å². The van der Waals surface area contributed by atoms with Crippen molar-refractivity contribution in [2.24, 2.45) is 0 Å². The van der Waals surface area contributed by atoms with Crippen LogP contribution in [0.25, 0.3) is 11.4 Å². The first-order valence-corrected chi connectivity index (χ1v) is 6.89. The van der Waals surface area contributed by atoms with Crippen LogP contribution in [-0.2, 0) is 6.18 Å². The van der Waals surface area contributed by atoms with Crippen LogP contribution in [0.3, 0.4) is 0 Å². The van der Waals surface area contributed by atoms with Crippen molar-refractivity contribution in [2.75, 3.05) is 12.4 Å². The van der Waals surface area contributed by atoms with E-state index in [1.54, 1.807) is 37.4 Å². The Bertz CT molecular complexity index is 846. The van der Waals surface area contributed by atoms with Crippen molar-refractivity contribution in [3.8, 4) is 17.1 Å². The number of ether oxygens (including phenoxy) is 1. The first-order valence-electron chi connectivity index (χ1n) is 6.89. The molecule has 1 N–H and O–H groups in total. The molecule has 8 heteroatoms. The highest BCUT2D eigenvalue weighted by molar-refractivity contribution is 5.70. The van der Waals surface area contributed by atoms with Gasteiger partial charge in [0.15, 0.2) is 0 Å². The molecule has 0 bridgehead atoms. The third kappa shape index (κ3) is 3.32. The van der Waals surface area contributed by atoms with Gasteiger partial charge in [-0.1, -0.05) is 29.4 Å². The normalized spacial score (nSPS) is 11.3. The Morgan fingerprint density at radius 2 is 1.88 bits per heavy atom. The largest absolute Gasteiger partial charge is 0.495 e. The van der Waals surface area contributed by atoms with Crippen molar-refractivity contribution in [3.05, 3.63) is 54.4 Å². The van der Waals surface area contributed by atoms with E-state index in [1.165, 1.54) is 0 Å². The Kier molecular flexibility index (Phi) is 4.11. The summed E-state index contributed by atoms with van der Waals surface area (Å²) in [5.41, 5.74) is 1.77. The molecule has 0 aliphatic carbocycles. The fourth-order valence-corrected chi connectivity index (χ4v) is 2.10. The van der Waals surface area contributed by atoms with Crippen LogP contribution in [-0.4, -0.2) is 17.3 Å². The monoisotopic (exact) mass is 335 g/mol. The van der Waals surface area contributed by atoms with Crippen LogP contribution in [0.1, 0.15) is 5.89 Å². The van der Waals surface area contributed by atoms with E-state index in [1.807, 2.05) is 18.2 Å². The molecule has 0 aliphatic heterocycles. The van der Waals surface area contributed by atoms with Crippen molar-refractivity contribution < 1.29 is 22.4 Å². The third-order valence-corrected chi connectivity index (χ3v) is 3.18. The summed E-state index contributed by atoms with van der Waals surface area (Å²) in [6, 6.07) is 13.9. The Morgan fingerprint density at radius 3 is 2.58 bits per heavy atom. The molecule has 0 unspecified atom stereocenters. The number of methoxy groups -OCH3 is 1. The molecule has 0 aliphatic rings. The number of benzene rings is 2. The van der Waals surface area contributed by atoms with Gasteiger partial charge in [0, 0.05) is 11.3 Å². The van der Waals surface area contributed by atoms with Gasteiger partial charge in [-0.05, 0) is 24.3 Å². The summed E-state index contributed by atoms with van der Waals surface area (Å²) in [5, 5.41) is 6.51. The lowest BCUT2D eigenvalue weighted by Crippen LogP contribution is -2.04. The number of hydrogen-bond acceptors (Lipinski definition) is 5. The average Bonchev–Trinajstić information content (AvgIpc) is 3.06. The van der Waals surface area contributed by atoms with Gasteiger partial charge in [-0.25, -0.2) is 0 Å². The van der Waals surface area contributed by atoms with Gasteiger partial charge in [0.05, 0.1) is 12.8 Å². The minimum Gasteiger partial charge on any atom is -0.495 e. The van der Waals surface area contributed by atoms with E-state index >= 15 is 0 Å². The number of rotatable bonds is 4. The summed E-state index contributed by atoms with van der Waals surface area (Å²) in [4.78, 5) is 3.38. The van der Waals surface area contributed by atoms with Crippen molar-refractivity contribution >= 4 is 11.4 Å². The number of alkyl halides is 3. The van der Waals surface area contributed by atoms with Crippen LogP contribution < -0.4 is 10.1 Å². The number of nitrogens with zero attached hydrogens (tertiary/aromatic N) is 2. The molecular formula is C16H12F3N3O2. The van der Waals surface area contributed by atoms with Gasteiger partial charge in [0.1, 0.15) is 5.75 Å². The Morgan fingerprint density at radius 1 is 1.08 bits per heavy atom. The lowest BCUT2D eigenvalue weighted by Gasteiger charge is -2.11. The highest BCUT2D eigenvalue weighted by Crippen LogP contribution is 2.31. The number of para-hydroxylation sites is 2. The molecule has 1 aromatic heterocycles. The van der Waals surface area contributed by atoms with E-state index in [0.29, 0.717) is 17.0 Å². The van der Waals surface area contributed by atoms with E-state index in [2.05, 4.69) is 20.0 Å². The van der Waals surface area contributed by atoms with Gasteiger partial charge in [-0.15, -0.1) is 0 Å². The van der Waals surface area contributed by atoms with Crippen LogP contribution >= 0.6 is 0 Å². The average molecular weight is 335 g/mol. The van der Waals surface area contributed by atoms with Gasteiger partial charge in [-0.3, -0.25) is 0 Å². The zero-order chi connectivity index (χ0) is 17.2. The first-order chi connectivity index (χ1) is 11.5. The molecule has 5 nitrogen and oxygen atoms in total. The molecular weight excluding hydrogens is 323 g/mol. The lowest BCUT2D eigenvalue weighted by molar-refractivity contribution is -0.159. The highest BCUT2D eigenvalue weighted by atomic mass is 19.4. The van der Waals surface area contributed by atoms with Gasteiger partial charge in [0.2, 0.25) is 5.82 Å². The zero-order valence-electron chi connectivity index (χ0n) is 12.5. The Labute approximate surface area is 135 Å². The Balaban J connectivity index is 1.88. The van der Waals surface area contributed by atoms with E-state index in [4.69, 9.17) is 4.74 Å². The first kappa shape index (κ1) is 15.9. The summed E-state index contributed by atoms with van der Waals surface area (Å²) >= 11 is 0. The molecule has 24 heavy (non-hydrogen) atoms. The number of anilines is 2. The predicted molar refractivity (Wildman–Crippen MR) is 81.0 cm³/mol. The molecule has 0 atom stereocenters. The molecule has 0 spiro atoms. The highest BCUT2D eigenvalue weighted by Gasteiger charge is 2.38. The van der Waals surface area contributed by atoms with Crippen molar-refractivity contribution in [1.29, 1.82) is 0 Å². The zero-order valence-corrected chi connectivity index (χ0v) is 12.5. The molecule has 0 radical (unpaired) electrons. The van der Waals surface area contributed by atoms with Crippen LogP contribution in [0.2, 0.25) is 0 Å². The molecule has 1 heterocycles. The Hall–Kier alpha value is -3.03. The minimum atomic E-state index is -4.67. The smallest absolute Gasteiger partial charge is 0.471 e. The summed E-state index contributed by atoms with van der Waals surface area (Å²) in [5.74, 6) is -0.867. The van der Waals surface area contributed by atoms with Gasteiger partial charge in [0.25, 0.3) is 0 Å². The summed E-state index contributed by atoms with van der Waals surface area (Å²) in [6.45, 7) is 0. The van der Waals surface area contributed by atoms with Crippen molar-refractivity contribution in [2.45, 2.75) is 6.18 Å². The number of nitrogens with one attached hydrogen (secondary N) is 1. The maximum atomic E-state index is 12.5. The maximum Gasteiger partial charge on any atom is 0.471 e. The fraction of sp³-hybridized carbons (Fsp3) is 0.125. The van der Waals surface area contributed by atoms with E-state index < -0.39 is 12.1 Å². The van der Waals surface area contributed by atoms with Crippen molar-refractivity contribution in [3.63, 3.8) is 0 Å². The predicted octanol–water partition coefficient (Wildman–Crippen LogP) is 4.51. The molecule has 0 saturated heterocycles. The summed E-state index contributed by atoms with van der Waals surface area (Å²) in [7, 11) is 1.55.